The average Bonchev–Trinajstić information content (AvgIpc) is 3.02. The maximum Gasteiger partial charge on any atom is 0.194 e. The zero-order valence-corrected chi connectivity index (χ0v) is 20.6. The van der Waals surface area contributed by atoms with Crippen LogP contribution in [0.3, 0.4) is 0 Å². The van der Waals surface area contributed by atoms with Gasteiger partial charge in [-0.25, -0.2) is 0 Å². The van der Waals surface area contributed by atoms with Crippen molar-refractivity contribution in [3.05, 3.63) is 47.0 Å². The molecule has 1 fully saturated rings. The first-order valence-corrected chi connectivity index (χ1v) is 10.1. The van der Waals surface area contributed by atoms with Gasteiger partial charge in [-0.1, -0.05) is 38.1 Å². The van der Waals surface area contributed by atoms with Crippen LogP contribution in [0.4, 0.5) is 0 Å². The van der Waals surface area contributed by atoms with Crippen molar-refractivity contribution < 1.29 is 0 Å². The molecule has 1 saturated heterocycles. The van der Waals surface area contributed by atoms with Gasteiger partial charge < -0.3 is 14.8 Å². The summed E-state index contributed by atoms with van der Waals surface area (Å²) < 4.78 is 2.00. The van der Waals surface area contributed by atoms with Gasteiger partial charge in [0.25, 0.3) is 0 Å². The first-order valence-electron chi connectivity index (χ1n) is 10.1. The fourth-order valence-electron chi connectivity index (χ4n) is 3.48. The van der Waals surface area contributed by atoms with Gasteiger partial charge in [-0.3, -0.25) is 9.89 Å². The van der Waals surface area contributed by atoms with Gasteiger partial charge >= 0.3 is 0 Å². The predicted octanol–water partition coefficient (Wildman–Crippen LogP) is 2.76. The average molecular weight is 511 g/mol. The van der Waals surface area contributed by atoms with Crippen LogP contribution < -0.4 is 5.32 Å². The number of halogens is 1. The molecule has 1 aliphatic rings. The minimum Gasteiger partial charge on any atom is -0.349 e. The lowest BCUT2D eigenvalue weighted by Crippen LogP contribution is -2.52. The summed E-state index contributed by atoms with van der Waals surface area (Å²) in [6.45, 7) is 12.1. The highest BCUT2D eigenvalue weighted by Gasteiger charge is 2.20. The van der Waals surface area contributed by atoms with Crippen LogP contribution in [-0.4, -0.2) is 63.8 Å². The molecule has 0 bridgehead atoms. The Hall–Kier alpha value is -1.68. The molecule has 0 spiro atoms. The van der Waals surface area contributed by atoms with E-state index in [-0.39, 0.29) is 24.0 Å². The van der Waals surface area contributed by atoms with Gasteiger partial charge in [-0.15, -0.1) is 34.2 Å². The molecule has 0 amide bonds. The Bertz CT molecular complexity index is 790. The summed E-state index contributed by atoms with van der Waals surface area (Å²) in [6.07, 6.45) is 0. The number of hydrogen-bond acceptors (Lipinski definition) is 4. The Morgan fingerprint density at radius 3 is 2.28 bits per heavy atom. The third kappa shape index (κ3) is 6.15. The molecule has 7 nitrogen and oxygen atoms in total. The second-order valence-electron chi connectivity index (χ2n) is 7.78. The Balaban J connectivity index is 0.00000300. The lowest BCUT2D eigenvalue weighted by Gasteiger charge is -2.36. The normalized spacial score (nSPS) is 15.5. The van der Waals surface area contributed by atoms with Crippen molar-refractivity contribution in [2.24, 2.45) is 12.0 Å². The molecule has 2 aromatic rings. The molecule has 160 valence electrons. The third-order valence-corrected chi connectivity index (χ3v) is 5.52. The number of nitrogens with zero attached hydrogens (tertiary/aromatic N) is 6. The van der Waals surface area contributed by atoms with Crippen molar-refractivity contribution in [2.45, 2.75) is 39.8 Å². The Labute approximate surface area is 191 Å². The maximum atomic E-state index is 4.45. The van der Waals surface area contributed by atoms with E-state index >= 15 is 0 Å². The van der Waals surface area contributed by atoms with E-state index in [4.69, 9.17) is 0 Å². The molecule has 0 aliphatic carbocycles. The van der Waals surface area contributed by atoms with Gasteiger partial charge in [0.05, 0.1) is 6.54 Å². The molecule has 0 unspecified atom stereocenters. The molecule has 0 atom stereocenters. The van der Waals surface area contributed by atoms with Crippen molar-refractivity contribution in [2.75, 3.05) is 33.2 Å². The van der Waals surface area contributed by atoms with Gasteiger partial charge in [0, 0.05) is 46.8 Å². The van der Waals surface area contributed by atoms with E-state index in [9.17, 15) is 0 Å². The summed E-state index contributed by atoms with van der Waals surface area (Å²) in [4.78, 5) is 9.29. The second-order valence-corrected chi connectivity index (χ2v) is 7.78. The standard InChI is InChI=1S/C21H33N7.HI/c1-16(2)19-8-6-18(7-9-19)15-27-10-12-28(13-11-27)21(22-4)23-14-20-25-24-17(3)26(20)5;/h6-9,16H,10-15H2,1-5H3,(H,22,23);1H. The summed E-state index contributed by atoms with van der Waals surface area (Å²) in [5.74, 6) is 3.35. The Morgan fingerprint density at radius 1 is 1.10 bits per heavy atom. The maximum absolute atomic E-state index is 4.45. The molecule has 1 N–H and O–H groups in total. The highest BCUT2D eigenvalue weighted by atomic mass is 127. The van der Waals surface area contributed by atoms with Gasteiger partial charge in [-0.05, 0) is 24.0 Å². The number of nitrogens with one attached hydrogen (secondary N) is 1. The Kier molecular flexibility index (Phi) is 8.88. The van der Waals surface area contributed by atoms with Crippen LogP contribution in [0.1, 0.15) is 42.5 Å². The minimum absolute atomic E-state index is 0. The number of benzene rings is 1. The topological polar surface area (TPSA) is 61.6 Å². The van der Waals surface area contributed by atoms with E-state index in [1.54, 1.807) is 0 Å². The highest BCUT2D eigenvalue weighted by Crippen LogP contribution is 2.16. The fourth-order valence-corrected chi connectivity index (χ4v) is 3.48. The molecule has 2 heterocycles. The van der Waals surface area contributed by atoms with Gasteiger partial charge in [0.1, 0.15) is 5.82 Å². The largest absolute Gasteiger partial charge is 0.349 e. The van der Waals surface area contributed by atoms with E-state index < -0.39 is 0 Å². The van der Waals surface area contributed by atoms with E-state index in [1.165, 1.54) is 11.1 Å². The van der Waals surface area contributed by atoms with Crippen LogP contribution in [0.25, 0.3) is 0 Å². The van der Waals surface area contributed by atoms with Crippen molar-refractivity contribution >= 4 is 29.9 Å². The zero-order chi connectivity index (χ0) is 20.1. The summed E-state index contributed by atoms with van der Waals surface area (Å²) >= 11 is 0. The monoisotopic (exact) mass is 511 g/mol. The van der Waals surface area contributed by atoms with Crippen molar-refractivity contribution in [3.63, 3.8) is 0 Å². The first kappa shape index (κ1) is 23.6. The van der Waals surface area contributed by atoms with E-state index in [0.717, 1.165) is 50.3 Å². The van der Waals surface area contributed by atoms with Crippen LogP contribution in [0, 0.1) is 6.92 Å². The fraction of sp³-hybridized carbons (Fsp3) is 0.571. The molecule has 0 saturated carbocycles. The van der Waals surface area contributed by atoms with Gasteiger partial charge in [0.2, 0.25) is 0 Å². The number of rotatable bonds is 5. The third-order valence-electron chi connectivity index (χ3n) is 5.52. The van der Waals surface area contributed by atoms with Crippen molar-refractivity contribution in [3.8, 4) is 0 Å². The molecule has 1 aromatic carbocycles. The van der Waals surface area contributed by atoms with E-state index in [0.29, 0.717) is 12.5 Å². The molecule has 1 aliphatic heterocycles. The quantitative estimate of drug-likeness (QED) is 0.380. The molecule has 0 radical (unpaired) electrons. The number of guanidine groups is 1. The highest BCUT2D eigenvalue weighted by molar-refractivity contribution is 14.0. The molecular formula is C21H34IN7. The van der Waals surface area contributed by atoms with Crippen LogP contribution in [0.5, 0.6) is 0 Å². The first-order chi connectivity index (χ1) is 13.5. The van der Waals surface area contributed by atoms with Crippen LogP contribution in [-0.2, 0) is 20.1 Å². The van der Waals surface area contributed by atoms with Gasteiger partial charge in [0.15, 0.2) is 11.8 Å². The molecule has 8 heteroatoms. The van der Waals surface area contributed by atoms with Crippen molar-refractivity contribution in [1.29, 1.82) is 0 Å². The lowest BCUT2D eigenvalue weighted by atomic mass is 10.0. The smallest absolute Gasteiger partial charge is 0.194 e. The summed E-state index contributed by atoms with van der Waals surface area (Å²) in [5.41, 5.74) is 2.79. The minimum atomic E-state index is 0. The number of piperazine rings is 1. The lowest BCUT2D eigenvalue weighted by molar-refractivity contribution is 0.172. The SMILES string of the molecule is CN=C(NCc1nnc(C)n1C)N1CCN(Cc2ccc(C(C)C)cc2)CC1.I. The van der Waals surface area contributed by atoms with E-state index in [1.807, 2.05) is 25.6 Å². The van der Waals surface area contributed by atoms with Crippen LogP contribution >= 0.6 is 24.0 Å². The van der Waals surface area contributed by atoms with Crippen LogP contribution in [0.2, 0.25) is 0 Å². The molecule has 3 rings (SSSR count). The summed E-state index contributed by atoms with van der Waals surface area (Å²) in [6, 6.07) is 9.06. The summed E-state index contributed by atoms with van der Waals surface area (Å²) in [5, 5.41) is 11.7. The Morgan fingerprint density at radius 2 is 1.76 bits per heavy atom. The number of hydrogen-bond donors (Lipinski definition) is 1. The molecule has 1 aromatic heterocycles. The number of aryl methyl sites for hydroxylation is 1. The van der Waals surface area contributed by atoms with E-state index in [2.05, 4.69) is 68.4 Å². The second kappa shape index (κ2) is 10.9. The molecule has 29 heavy (non-hydrogen) atoms. The summed E-state index contributed by atoms with van der Waals surface area (Å²) in [7, 11) is 3.83. The van der Waals surface area contributed by atoms with Crippen LogP contribution in [0.15, 0.2) is 29.3 Å². The van der Waals surface area contributed by atoms with Gasteiger partial charge in [-0.2, -0.15) is 0 Å². The predicted molar refractivity (Wildman–Crippen MR) is 129 cm³/mol. The molecular weight excluding hydrogens is 477 g/mol. The number of aliphatic imine (C=N–C) groups is 1. The van der Waals surface area contributed by atoms with Crippen molar-refractivity contribution in [1.82, 2.24) is 29.9 Å². The zero-order valence-electron chi connectivity index (χ0n) is 18.2. The number of aromatic nitrogens is 3.